The van der Waals surface area contributed by atoms with E-state index in [1.54, 1.807) is 34.8 Å². The van der Waals surface area contributed by atoms with Crippen molar-refractivity contribution in [2.24, 2.45) is 0 Å². The van der Waals surface area contributed by atoms with Crippen molar-refractivity contribution in [1.82, 2.24) is 19.9 Å². The molecular formula is C23H23FN4O2S. The number of carbonyl (C=O) groups is 1. The van der Waals surface area contributed by atoms with Crippen molar-refractivity contribution in [3.63, 3.8) is 0 Å². The van der Waals surface area contributed by atoms with Crippen LogP contribution in [-0.4, -0.2) is 33.7 Å². The van der Waals surface area contributed by atoms with Gasteiger partial charge in [-0.3, -0.25) is 4.79 Å². The third-order valence-corrected chi connectivity index (χ3v) is 5.68. The Balaban J connectivity index is 1.35. The molecule has 0 atom stereocenters. The van der Waals surface area contributed by atoms with E-state index in [4.69, 9.17) is 4.74 Å². The molecule has 0 radical (unpaired) electrons. The molecule has 6 nitrogen and oxygen atoms in total. The Morgan fingerprint density at radius 1 is 1.19 bits per heavy atom. The van der Waals surface area contributed by atoms with Crippen LogP contribution in [0.15, 0.2) is 53.9 Å². The fraction of sp³-hybridized carbons (Fsp3) is 0.261. The van der Waals surface area contributed by atoms with Crippen LogP contribution in [0.1, 0.15) is 35.8 Å². The molecule has 31 heavy (non-hydrogen) atoms. The van der Waals surface area contributed by atoms with Crippen molar-refractivity contribution < 1.29 is 13.9 Å². The van der Waals surface area contributed by atoms with Gasteiger partial charge in [-0.2, -0.15) is 4.98 Å². The predicted octanol–water partition coefficient (Wildman–Crippen LogP) is 4.75. The molecule has 0 spiro atoms. The zero-order chi connectivity index (χ0) is 21.6. The van der Waals surface area contributed by atoms with Crippen LogP contribution in [0.2, 0.25) is 0 Å². The minimum Gasteiger partial charge on any atom is -0.494 e. The first-order valence-corrected chi connectivity index (χ1v) is 11.1. The van der Waals surface area contributed by atoms with Crippen LogP contribution in [0.3, 0.4) is 0 Å². The van der Waals surface area contributed by atoms with E-state index in [0.717, 1.165) is 24.3 Å². The summed E-state index contributed by atoms with van der Waals surface area (Å²) in [5.74, 6) is 0.632. The number of halogens is 1. The number of aromatic nitrogens is 3. The molecule has 1 amide bonds. The van der Waals surface area contributed by atoms with E-state index in [2.05, 4.69) is 22.3 Å². The highest BCUT2D eigenvalue weighted by molar-refractivity contribution is 7.15. The normalized spacial score (nSPS) is 11.0. The molecule has 0 saturated carbocycles. The summed E-state index contributed by atoms with van der Waals surface area (Å²) < 4.78 is 21.4. The fourth-order valence-corrected chi connectivity index (χ4v) is 3.95. The van der Waals surface area contributed by atoms with Gasteiger partial charge in [-0.25, -0.2) is 8.91 Å². The van der Waals surface area contributed by atoms with Crippen LogP contribution in [0.5, 0.6) is 5.75 Å². The van der Waals surface area contributed by atoms with Gasteiger partial charge in [0.15, 0.2) is 5.82 Å². The van der Waals surface area contributed by atoms with E-state index in [9.17, 15) is 9.18 Å². The summed E-state index contributed by atoms with van der Waals surface area (Å²) in [7, 11) is 0. The van der Waals surface area contributed by atoms with Crippen LogP contribution >= 0.6 is 11.3 Å². The van der Waals surface area contributed by atoms with E-state index < -0.39 is 0 Å². The summed E-state index contributed by atoms with van der Waals surface area (Å²) >= 11 is 1.44. The fourth-order valence-electron chi connectivity index (χ4n) is 3.10. The number of carbonyl (C=O) groups excluding carboxylic acids is 1. The second kappa shape index (κ2) is 9.70. The van der Waals surface area contributed by atoms with Gasteiger partial charge in [0.2, 0.25) is 4.96 Å². The Hall–Kier alpha value is -3.26. The second-order valence-electron chi connectivity index (χ2n) is 7.07. The number of amides is 1. The summed E-state index contributed by atoms with van der Waals surface area (Å²) in [6.07, 6.45) is 2.67. The van der Waals surface area contributed by atoms with Gasteiger partial charge in [0.25, 0.3) is 5.91 Å². The van der Waals surface area contributed by atoms with Gasteiger partial charge >= 0.3 is 0 Å². The van der Waals surface area contributed by atoms with Gasteiger partial charge in [-0.05, 0) is 42.8 Å². The van der Waals surface area contributed by atoms with Crippen LogP contribution in [0, 0.1) is 5.82 Å². The number of hydrogen-bond acceptors (Lipinski definition) is 5. The van der Waals surface area contributed by atoms with Gasteiger partial charge in [-0.15, -0.1) is 16.4 Å². The first-order chi connectivity index (χ1) is 15.2. The molecule has 4 rings (SSSR count). The molecule has 0 aliphatic heterocycles. The smallest absolute Gasteiger partial charge is 0.251 e. The van der Waals surface area contributed by atoms with E-state index in [-0.39, 0.29) is 11.7 Å². The standard InChI is InChI=1S/C23H23FN4O2S/c1-2-3-14-30-18-10-8-16(9-11-18)22(29)25-13-12-17-15-31-23-26-21(27-28(17)23)19-6-4-5-7-20(19)24/h4-11,15H,2-3,12-14H2,1H3,(H,25,29). The maximum atomic E-state index is 14.0. The topological polar surface area (TPSA) is 68.5 Å². The minimum atomic E-state index is -0.351. The van der Waals surface area contributed by atoms with Gasteiger partial charge < -0.3 is 10.1 Å². The molecular weight excluding hydrogens is 415 g/mol. The zero-order valence-electron chi connectivity index (χ0n) is 17.2. The molecule has 2 heterocycles. The predicted molar refractivity (Wildman–Crippen MR) is 119 cm³/mol. The first kappa shape index (κ1) is 21.0. The minimum absolute atomic E-state index is 0.141. The van der Waals surface area contributed by atoms with Crippen LogP contribution in [-0.2, 0) is 6.42 Å². The Bertz CT molecular complexity index is 1170. The second-order valence-corrected chi connectivity index (χ2v) is 7.91. The summed E-state index contributed by atoms with van der Waals surface area (Å²) in [4.78, 5) is 17.5. The van der Waals surface area contributed by atoms with Gasteiger partial charge in [0.05, 0.1) is 17.9 Å². The molecule has 0 bridgehead atoms. The molecule has 160 valence electrons. The Labute approximate surface area is 183 Å². The number of rotatable bonds is 9. The maximum absolute atomic E-state index is 14.0. The molecule has 0 saturated heterocycles. The SMILES string of the molecule is CCCCOc1ccc(C(=O)NCCc2csc3nc(-c4ccccc4F)nn23)cc1. The highest BCUT2D eigenvalue weighted by Gasteiger charge is 2.14. The van der Waals surface area contributed by atoms with E-state index in [1.807, 2.05) is 17.5 Å². The van der Waals surface area contributed by atoms with Crippen molar-refractivity contribution in [1.29, 1.82) is 0 Å². The average Bonchev–Trinajstić information content (AvgIpc) is 3.36. The lowest BCUT2D eigenvalue weighted by Gasteiger charge is -2.07. The number of unbranched alkanes of at least 4 members (excludes halogenated alkanes) is 1. The molecule has 8 heteroatoms. The Kier molecular flexibility index (Phi) is 6.57. The number of ether oxygens (including phenoxy) is 1. The Morgan fingerprint density at radius 3 is 2.77 bits per heavy atom. The van der Waals surface area contributed by atoms with Crippen molar-refractivity contribution in [3.05, 3.63) is 71.0 Å². The molecule has 4 aromatic rings. The summed E-state index contributed by atoms with van der Waals surface area (Å²) in [5.41, 5.74) is 1.87. The van der Waals surface area contributed by atoms with Gasteiger partial charge in [0, 0.05) is 23.9 Å². The molecule has 0 fully saturated rings. The highest BCUT2D eigenvalue weighted by atomic mass is 32.1. The number of fused-ring (bicyclic) bond motifs is 1. The third kappa shape index (κ3) is 4.91. The maximum Gasteiger partial charge on any atom is 0.251 e. The van der Waals surface area contributed by atoms with Crippen molar-refractivity contribution in [2.75, 3.05) is 13.2 Å². The third-order valence-electron chi connectivity index (χ3n) is 4.81. The molecule has 2 aromatic carbocycles. The molecule has 0 unspecified atom stereocenters. The summed E-state index contributed by atoms with van der Waals surface area (Å²) in [5, 5.41) is 9.33. The lowest BCUT2D eigenvalue weighted by molar-refractivity contribution is 0.0954. The number of nitrogens with one attached hydrogen (secondary N) is 1. The Morgan fingerprint density at radius 2 is 2.00 bits per heavy atom. The van der Waals surface area contributed by atoms with E-state index >= 15 is 0 Å². The monoisotopic (exact) mass is 438 g/mol. The summed E-state index contributed by atoms with van der Waals surface area (Å²) in [6, 6.07) is 13.6. The van der Waals surface area contributed by atoms with Crippen LogP contribution in [0.25, 0.3) is 16.3 Å². The van der Waals surface area contributed by atoms with Crippen molar-refractivity contribution in [2.45, 2.75) is 26.2 Å². The van der Waals surface area contributed by atoms with Crippen LogP contribution < -0.4 is 10.1 Å². The number of nitrogens with zero attached hydrogens (tertiary/aromatic N) is 3. The van der Waals surface area contributed by atoms with Crippen LogP contribution in [0.4, 0.5) is 4.39 Å². The van der Waals surface area contributed by atoms with Gasteiger partial charge in [0.1, 0.15) is 11.6 Å². The molecule has 2 aromatic heterocycles. The lowest BCUT2D eigenvalue weighted by atomic mass is 10.2. The average molecular weight is 439 g/mol. The van der Waals surface area contributed by atoms with E-state index in [0.29, 0.717) is 41.5 Å². The largest absolute Gasteiger partial charge is 0.494 e. The molecule has 0 aliphatic carbocycles. The lowest BCUT2D eigenvalue weighted by Crippen LogP contribution is -2.26. The number of thiazole rings is 1. The first-order valence-electron chi connectivity index (χ1n) is 10.2. The number of benzene rings is 2. The summed E-state index contributed by atoms with van der Waals surface area (Å²) in [6.45, 7) is 3.25. The molecule has 1 N–H and O–H groups in total. The van der Waals surface area contributed by atoms with Crippen molar-refractivity contribution >= 4 is 22.2 Å². The van der Waals surface area contributed by atoms with Gasteiger partial charge in [-0.1, -0.05) is 25.5 Å². The van der Waals surface area contributed by atoms with E-state index in [1.165, 1.54) is 17.4 Å². The quantitative estimate of drug-likeness (QED) is 0.383. The van der Waals surface area contributed by atoms with Crippen molar-refractivity contribution in [3.8, 4) is 17.1 Å². The molecule has 0 aliphatic rings. The number of hydrogen-bond donors (Lipinski definition) is 1. The zero-order valence-corrected chi connectivity index (χ0v) is 18.0. The highest BCUT2D eigenvalue weighted by Crippen LogP contribution is 2.23.